The van der Waals surface area contributed by atoms with Gasteiger partial charge < -0.3 is 10.2 Å². The first-order valence-corrected chi connectivity index (χ1v) is 13.5. The molecule has 0 saturated heterocycles. The second-order valence-corrected chi connectivity index (χ2v) is 10.6. The number of anilines is 1. The summed E-state index contributed by atoms with van der Waals surface area (Å²) in [4.78, 5) is 28.3. The SMILES string of the molecule is CC(c1ccccc1)N(CCC(=O)Nc1nnc(-c2ccc(Cl)cc2)s1)C(=O)C1C[C@H]1c1ccccc1. The van der Waals surface area contributed by atoms with Gasteiger partial charge in [-0.3, -0.25) is 9.59 Å². The highest BCUT2D eigenvalue weighted by Crippen LogP contribution is 2.49. The number of aromatic nitrogens is 2. The van der Waals surface area contributed by atoms with Crippen molar-refractivity contribution >= 4 is 39.9 Å². The van der Waals surface area contributed by atoms with Crippen molar-refractivity contribution in [1.82, 2.24) is 15.1 Å². The van der Waals surface area contributed by atoms with E-state index in [4.69, 9.17) is 11.6 Å². The van der Waals surface area contributed by atoms with E-state index in [2.05, 4.69) is 27.6 Å². The summed E-state index contributed by atoms with van der Waals surface area (Å²) in [6.07, 6.45) is 1.01. The average molecular weight is 531 g/mol. The third-order valence-corrected chi connectivity index (χ3v) is 7.85. The van der Waals surface area contributed by atoms with Gasteiger partial charge in [-0.1, -0.05) is 95.7 Å². The Kier molecular flexibility index (Phi) is 7.63. The number of halogens is 1. The molecule has 1 aliphatic carbocycles. The van der Waals surface area contributed by atoms with Gasteiger partial charge in [-0.15, -0.1) is 10.2 Å². The van der Waals surface area contributed by atoms with Crippen LogP contribution in [0.5, 0.6) is 0 Å². The first-order valence-electron chi connectivity index (χ1n) is 12.3. The minimum atomic E-state index is -0.202. The van der Waals surface area contributed by atoms with Gasteiger partial charge in [0.1, 0.15) is 5.01 Å². The molecule has 1 saturated carbocycles. The van der Waals surface area contributed by atoms with Crippen molar-refractivity contribution < 1.29 is 9.59 Å². The van der Waals surface area contributed by atoms with Gasteiger partial charge in [-0.25, -0.2) is 0 Å². The van der Waals surface area contributed by atoms with Crippen LogP contribution in [-0.2, 0) is 9.59 Å². The van der Waals surface area contributed by atoms with Crippen LogP contribution in [-0.4, -0.2) is 33.5 Å². The number of carbonyl (C=O) groups is 2. The van der Waals surface area contributed by atoms with Crippen LogP contribution >= 0.6 is 22.9 Å². The van der Waals surface area contributed by atoms with Crippen LogP contribution in [0.15, 0.2) is 84.9 Å². The molecular formula is C29H27ClN4O2S. The zero-order valence-electron chi connectivity index (χ0n) is 20.4. The number of hydrogen-bond acceptors (Lipinski definition) is 5. The third-order valence-electron chi connectivity index (χ3n) is 6.71. The lowest BCUT2D eigenvalue weighted by atomic mass is 10.0. The largest absolute Gasteiger partial charge is 0.335 e. The summed E-state index contributed by atoms with van der Waals surface area (Å²) in [5.41, 5.74) is 3.12. The van der Waals surface area contributed by atoms with Crippen LogP contribution in [0.25, 0.3) is 10.6 Å². The number of nitrogens with zero attached hydrogens (tertiary/aromatic N) is 3. The molecular weight excluding hydrogens is 504 g/mol. The highest BCUT2D eigenvalue weighted by molar-refractivity contribution is 7.18. The summed E-state index contributed by atoms with van der Waals surface area (Å²) in [6, 6.07) is 27.3. The van der Waals surface area contributed by atoms with Gasteiger partial charge in [0.25, 0.3) is 0 Å². The maximum absolute atomic E-state index is 13.6. The average Bonchev–Trinajstić information content (AvgIpc) is 3.61. The molecule has 0 spiro atoms. The zero-order chi connectivity index (χ0) is 25.8. The van der Waals surface area contributed by atoms with E-state index < -0.39 is 0 Å². The topological polar surface area (TPSA) is 75.2 Å². The molecule has 6 nitrogen and oxygen atoms in total. The summed E-state index contributed by atoms with van der Waals surface area (Å²) >= 11 is 7.26. The maximum Gasteiger partial charge on any atom is 0.227 e. The minimum absolute atomic E-state index is 0.0540. The van der Waals surface area contributed by atoms with Crippen LogP contribution in [0.4, 0.5) is 5.13 Å². The van der Waals surface area contributed by atoms with Crippen molar-refractivity contribution in [3.05, 3.63) is 101 Å². The van der Waals surface area contributed by atoms with Crippen LogP contribution < -0.4 is 5.32 Å². The van der Waals surface area contributed by atoms with Crippen molar-refractivity contribution in [3.63, 3.8) is 0 Å². The molecule has 4 aromatic rings. The van der Waals surface area contributed by atoms with Crippen molar-refractivity contribution in [3.8, 4) is 10.6 Å². The van der Waals surface area contributed by atoms with E-state index in [1.807, 2.05) is 72.5 Å². The van der Waals surface area contributed by atoms with Crippen molar-refractivity contribution in [2.75, 3.05) is 11.9 Å². The Hall–Kier alpha value is -3.55. The molecule has 0 bridgehead atoms. The number of hydrogen-bond donors (Lipinski definition) is 1. The van der Waals surface area contributed by atoms with E-state index in [1.165, 1.54) is 16.9 Å². The zero-order valence-corrected chi connectivity index (χ0v) is 22.0. The van der Waals surface area contributed by atoms with Crippen LogP contribution in [0.1, 0.15) is 42.9 Å². The van der Waals surface area contributed by atoms with Crippen molar-refractivity contribution in [1.29, 1.82) is 0 Å². The number of nitrogens with one attached hydrogen (secondary N) is 1. The molecule has 188 valence electrons. The molecule has 0 aliphatic heterocycles. The second kappa shape index (κ2) is 11.2. The first kappa shape index (κ1) is 25.1. The van der Waals surface area contributed by atoms with Gasteiger partial charge >= 0.3 is 0 Å². The lowest BCUT2D eigenvalue weighted by Crippen LogP contribution is -2.37. The van der Waals surface area contributed by atoms with Gasteiger partial charge in [0, 0.05) is 29.5 Å². The Morgan fingerprint density at radius 3 is 2.38 bits per heavy atom. The summed E-state index contributed by atoms with van der Waals surface area (Å²) in [6.45, 7) is 2.34. The lowest BCUT2D eigenvalue weighted by Gasteiger charge is -2.30. The number of amides is 2. The summed E-state index contributed by atoms with van der Waals surface area (Å²) < 4.78 is 0. The fourth-order valence-corrected chi connectivity index (χ4v) is 5.43. The predicted molar refractivity (Wildman–Crippen MR) is 147 cm³/mol. The highest BCUT2D eigenvalue weighted by Gasteiger charge is 2.46. The van der Waals surface area contributed by atoms with Gasteiger partial charge in [0.15, 0.2) is 0 Å². The van der Waals surface area contributed by atoms with E-state index in [9.17, 15) is 9.59 Å². The Labute approximate surface area is 225 Å². The molecule has 1 fully saturated rings. The molecule has 37 heavy (non-hydrogen) atoms. The van der Waals surface area contributed by atoms with Crippen LogP contribution in [0.3, 0.4) is 0 Å². The molecule has 8 heteroatoms. The first-order chi connectivity index (χ1) is 18.0. The highest BCUT2D eigenvalue weighted by atomic mass is 35.5. The van der Waals surface area contributed by atoms with Gasteiger partial charge in [0.05, 0.1) is 6.04 Å². The minimum Gasteiger partial charge on any atom is -0.335 e. The molecule has 5 rings (SSSR count). The fraction of sp³-hybridized carbons (Fsp3) is 0.241. The Morgan fingerprint density at radius 2 is 1.68 bits per heavy atom. The molecule has 0 radical (unpaired) electrons. The second-order valence-electron chi connectivity index (χ2n) is 9.20. The fourth-order valence-electron chi connectivity index (χ4n) is 4.54. The third kappa shape index (κ3) is 6.06. The molecule has 3 atom stereocenters. The smallest absolute Gasteiger partial charge is 0.227 e. The van der Waals surface area contributed by atoms with Gasteiger partial charge in [-0.05, 0) is 42.5 Å². The van der Waals surface area contributed by atoms with E-state index in [-0.39, 0.29) is 36.1 Å². The monoisotopic (exact) mass is 530 g/mol. The molecule has 1 N–H and O–H groups in total. The molecule has 1 aromatic heterocycles. The van der Waals surface area contributed by atoms with E-state index >= 15 is 0 Å². The van der Waals surface area contributed by atoms with Gasteiger partial charge in [0.2, 0.25) is 16.9 Å². The normalized spacial score (nSPS) is 17.1. The molecule has 1 heterocycles. The van der Waals surface area contributed by atoms with E-state index in [0.717, 1.165) is 17.5 Å². The number of benzene rings is 3. The lowest BCUT2D eigenvalue weighted by molar-refractivity contribution is -0.135. The molecule has 2 amide bonds. The summed E-state index contributed by atoms with van der Waals surface area (Å²) in [5.74, 6) is 0.0774. The van der Waals surface area contributed by atoms with Crippen LogP contribution in [0, 0.1) is 5.92 Å². The molecule has 2 unspecified atom stereocenters. The Bertz CT molecular complexity index is 1360. The Balaban J connectivity index is 1.25. The Morgan fingerprint density at radius 1 is 1.00 bits per heavy atom. The van der Waals surface area contributed by atoms with E-state index in [0.29, 0.717) is 21.7 Å². The number of carbonyl (C=O) groups excluding carboxylic acids is 2. The quantitative estimate of drug-likeness (QED) is 0.265. The maximum atomic E-state index is 13.6. The summed E-state index contributed by atoms with van der Waals surface area (Å²) in [7, 11) is 0. The molecule has 1 aliphatic rings. The summed E-state index contributed by atoms with van der Waals surface area (Å²) in [5, 5.41) is 12.9. The predicted octanol–water partition coefficient (Wildman–Crippen LogP) is 6.58. The van der Waals surface area contributed by atoms with Gasteiger partial charge in [-0.2, -0.15) is 0 Å². The number of rotatable bonds is 9. The van der Waals surface area contributed by atoms with Crippen LogP contribution in [0.2, 0.25) is 5.02 Å². The van der Waals surface area contributed by atoms with Crippen molar-refractivity contribution in [2.45, 2.75) is 31.7 Å². The van der Waals surface area contributed by atoms with Crippen molar-refractivity contribution in [2.24, 2.45) is 5.92 Å². The molecule has 3 aromatic carbocycles. The standard InChI is InChI=1S/C29H27ClN4O2S/c1-19(20-8-4-2-5-9-20)34(28(36)25-18-24(25)21-10-6-3-7-11-21)17-16-26(35)31-29-33-32-27(37-29)22-12-14-23(30)15-13-22/h2-15,19,24-25H,16-18H2,1H3,(H,31,33,35)/t19?,24-,25?/m0/s1. The van der Waals surface area contributed by atoms with E-state index in [1.54, 1.807) is 12.1 Å².